The number of benzene rings is 1. The van der Waals surface area contributed by atoms with E-state index in [0.717, 1.165) is 18.5 Å². The second kappa shape index (κ2) is 7.01. The smallest absolute Gasteiger partial charge is 0.407 e. The van der Waals surface area contributed by atoms with Crippen LogP contribution in [0.2, 0.25) is 0 Å². The average Bonchev–Trinajstić information content (AvgIpc) is 2.45. The van der Waals surface area contributed by atoms with Crippen molar-refractivity contribution >= 4 is 6.09 Å². The standard InChI is InChI=1S/C14H20N2O2/c17-14(16-10-12-6-2-1-3-7-12)18-11-13-8-4-5-9-15-13/h1-3,6-7,13,15H,4-5,8-11H2,(H,16,17). The molecule has 0 radical (unpaired) electrons. The van der Waals surface area contributed by atoms with Crippen LogP contribution < -0.4 is 10.6 Å². The van der Waals surface area contributed by atoms with E-state index >= 15 is 0 Å². The van der Waals surface area contributed by atoms with Crippen molar-refractivity contribution in [2.45, 2.75) is 31.8 Å². The summed E-state index contributed by atoms with van der Waals surface area (Å²) in [6.45, 7) is 2.00. The summed E-state index contributed by atoms with van der Waals surface area (Å²) in [5.41, 5.74) is 1.07. The summed E-state index contributed by atoms with van der Waals surface area (Å²) in [6, 6.07) is 10.1. The molecule has 1 aromatic carbocycles. The molecule has 1 fully saturated rings. The molecule has 1 atom stereocenters. The predicted octanol–water partition coefficient (Wildman–Crippen LogP) is 2.05. The molecule has 0 aliphatic carbocycles. The van der Waals surface area contributed by atoms with Crippen molar-refractivity contribution in [1.82, 2.24) is 10.6 Å². The molecule has 1 aliphatic heterocycles. The van der Waals surface area contributed by atoms with Crippen LogP contribution in [0.15, 0.2) is 30.3 Å². The van der Waals surface area contributed by atoms with Crippen LogP contribution in [0.25, 0.3) is 0 Å². The van der Waals surface area contributed by atoms with E-state index in [-0.39, 0.29) is 6.09 Å². The van der Waals surface area contributed by atoms with Gasteiger partial charge < -0.3 is 15.4 Å². The normalized spacial score (nSPS) is 19.2. The minimum Gasteiger partial charge on any atom is -0.448 e. The summed E-state index contributed by atoms with van der Waals surface area (Å²) < 4.78 is 5.19. The summed E-state index contributed by atoms with van der Waals surface area (Å²) in [7, 11) is 0. The first-order valence-electron chi connectivity index (χ1n) is 6.52. The first kappa shape index (κ1) is 12.9. The molecule has 1 amide bonds. The van der Waals surface area contributed by atoms with Gasteiger partial charge in [-0.2, -0.15) is 0 Å². The Bertz CT molecular complexity index is 361. The Morgan fingerprint density at radius 2 is 2.17 bits per heavy atom. The molecule has 1 unspecified atom stereocenters. The van der Waals surface area contributed by atoms with E-state index in [9.17, 15) is 4.79 Å². The topological polar surface area (TPSA) is 50.4 Å². The maximum Gasteiger partial charge on any atom is 0.407 e. The van der Waals surface area contributed by atoms with Crippen LogP contribution in [0.1, 0.15) is 24.8 Å². The number of ether oxygens (including phenoxy) is 1. The third kappa shape index (κ3) is 4.37. The van der Waals surface area contributed by atoms with Gasteiger partial charge in [0.25, 0.3) is 0 Å². The van der Waals surface area contributed by atoms with E-state index in [2.05, 4.69) is 10.6 Å². The van der Waals surface area contributed by atoms with Crippen LogP contribution in [0.3, 0.4) is 0 Å². The molecule has 2 rings (SSSR count). The van der Waals surface area contributed by atoms with Crippen LogP contribution in [-0.4, -0.2) is 25.3 Å². The number of alkyl carbamates (subject to hydrolysis) is 1. The lowest BCUT2D eigenvalue weighted by Crippen LogP contribution is -2.39. The van der Waals surface area contributed by atoms with Crippen LogP contribution in [0, 0.1) is 0 Å². The highest BCUT2D eigenvalue weighted by atomic mass is 16.5. The quantitative estimate of drug-likeness (QED) is 0.857. The van der Waals surface area contributed by atoms with Gasteiger partial charge in [0.1, 0.15) is 6.61 Å². The Balaban J connectivity index is 1.63. The second-order valence-corrected chi connectivity index (χ2v) is 4.58. The first-order valence-corrected chi connectivity index (χ1v) is 6.52. The Hall–Kier alpha value is -1.55. The molecule has 4 nitrogen and oxygen atoms in total. The molecule has 0 saturated carbocycles. The molecule has 2 N–H and O–H groups in total. The lowest BCUT2D eigenvalue weighted by Gasteiger charge is -2.22. The summed E-state index contributed by atoms with van der Waals surface area (Å²) in [5, 5.41) is 6.09. The number of amides is 1. The van der Waals surface area contributed by atoms with Crippen LogP contribution >= 0.6 is 0 Å². The number of nitrogens with one attached hydrogen (secondary N) is 2. The summed E-state index contributed by atoms with van der Waals surface area (Å²) in [6.07, 6.45) is 3.18. The Morgan fingerprint density at radius 3 is 2.89 bits per heavy atom. The fourth-order valence-electron chi connectivity index (χ4n) is 2.06. The van der Waals surface area contributed by atoms with Crippen molar-refractivity contribution in [1.29, 1.82) is 0 Å². The molecule has 1 saturated heterocycles. The summed E-state index contributed by atoms with van der Waals surface area (Å²) in [5.74, 6) is 0. The van der Waals surface area contributed by atoms with Crippen molar-refractivity contribution in [2.75, 3.05) is 13.2 Å². The van der Waals surface area contributed by atoms with Crippen LogP contribution in [0.4, 0.5) is 4.79 Å². The zero-order chi connectivity index (χ0) is 12.6. The third-order valence-corrected chi connectivity index (χ3v) is 3.11. The molecule has 0 bridgehead atoms. The highest BCUT2D eigenvalue weighted by Crippen LogP contribution is 2.07. The average molecular weight is 248 g/mol. The monoisotopic (exact) mass is 248 g/mol. The first-order chi connectivity index (χ1) is 8.84. The summed E-state index contributed by atoms with van der Waals surface area (Å²) >= 11 is 0. The fraction of sp³-hybridized carbons (Fsp3) is 0.500. The number of hydrogen-bond donors (Lipinski definition) is 2. The summed E-state index contributed by atoms with van der Waals surface area (Å²) in [4.78, 5) is 11.5. The van der Waals surface area contributed by atoms with Gasteiger partial charge in [0, 0.05) is 12.6 Å². The third-order valence-electron chi connectivity index (χ3n) is 3.11. The number of piperidine rings is 1. The van der Waals surface area contributed by atoms with E-state index in [1.807, 2.05) is 30.3 Å². The molecule has 0 aromatic heterocycles. The minimum absolute atomic E-state index is 0.321. The number of carbonyl (C=O) groups excluding carboxylic acids is 1. The van der Waals surface area contributed by atoms with Gasteiger partial charge in [-0.25, -0.2) is 4.79 Å². The van der Waals surface area contributed by atoms with Crippen molar-refractivity contribution in [3.8, 4) is 0 Å². The highest BCUT2D eigenvalue weighted by Gasteiger charge is 2.14. The van der Waals surface area contributed by atoms with E-state index in [0.29, 0.717) is 19.2 Å². The van der Waals surface area contributed by atoms with Gasteiger partial charge >= 0.3 is 6.09 Å². The molecule has 18 heavy (non-hydrogen) atoms. The molecule has 1 aromatic rings. The van der Waals surface area contributed by atoms with E-state index in [1.54, 1.807) is 0 Å². The van der Waals surface area contributed by atoms with Gasteiger partial charge in [0.15, 0.2) is 0 Å². The van der Waals surface area contributed by atoms with Crippen molar-refractivity contribution < 1.29 is 9.53 Å². The van der Waals surface area contributed by atoms with Crippen molar-refractivity contribution in [2.24, 2.45) is 0 Å². The van der Waals surface area contributed by atoms with E-state index in [4.69, 9.17) is 4.74 Å². The molecule has 1 heterocycles. The van der Waals surface area contributed by atoms with Gasteiger partial charge in [-0.3, -0.25) is 0 Å². The van der Waals surface area contributed by atoms with Crippen molar-refractivity contribution in [3.05, 3.63) is 35.9 Å². The second-order valence-electron chi connectivity index (χ2n) is 4.58. The molecular weight excluding hydrogens is 228 g/mol. The minimum atomic E-state index is -0.341. The van der Waals surface area contributed by atoms with Gasteiger partial charge in [-0.1, -0.05) is 36.8 Å². The highest BCUT2D eigenvalue weighted by molar-refractivity contribution is 5.67. The molecule has 1 aliphatic rings. The number of hydrogen-bond acceptors (Lipinski definition) is 3. The number of rotatable bonds is 4. The maximum absolute atomic E-state index is 11.5. The molecule has 0 spiro atoms. The van der Waals surface area contributed by atoms with Gasteiger partial charge in [-0.15, -0.1) is 0 Å². The predicted molar refractivity (Wildman–Crippen MR) is 70.3 cm³/mol. The van der Waals surface area contributed by atoms with Crippen LogP contribution in [0.5, 0.6) is 0 Å². The Kier molecular flexibility index (Phi) is 5.02. The van der Waals surface area contributed by atoms with Gasteiger partial charge in [0.2, 0.25) is 0 Å². The molecular formula is C14H20N2O2. The lowest BCUT2D eigenvalue weighted by molar-refractivity contribution is 0.127. The van der Waals surface area contributed by atoms with E-state index in [1.165, 1.54) is 12.8 Å². The lowest BCUT2D eigenvalue weighted by atomic mass is 10.1. The van der Waals surface area contributed by atoms with Gasteiger partial charge in [-0.05, 0) is 24.9 Å². The zero-order valence-electron chi connectivity index (χ0n) is 10.5. The van der Waals surface area contributed by atoms with Crippen LogP contribution in [-0.2, 0) is 11.3 Å². The number of carbonyl (C=O) groups is 1. The van der Waals surface area contributed by atoms with Gasteiger partial charge in [0.05, 0.1) is 0 Å². The fourth-order valence-corrected chi connectivity index (χ4v) is 2.06. The SMILES string of the molecule is O=C(NCc1ccccc1)OCC1CCCCN1. The molecule has 98 valence electrons. The van der Waals surface area contributed by atoms with E-state index < -0.39 is 0 Å². The Labute approximate surface area is 108 Å². The largest absolute Gasteiger partial charge is 0.448 e. The molecule has 4 heteroatoms. The van der Waals surface area contributed by atoms with Crippen molar-refractivity contribution in [3.63, 3.8) is 0 Å². The zero-order valence-corrected chi connectivity index (χ0v) is 10.5. The maximum atomic E-state index is 11.5. The Morgan fingerprint density at radius 1 is 1.33 bits per heavy atom.